The molecule has 0 saturated heterocycles. The van der Waals surface area contributed by atoms with Crippen molar-refractivity contribution in [3.63, 3.8) is 0 Å². The first-order valence-electron chi connectivity index (χ1n) is 6.77. The molecule has 0 aliphatic rings. The van der Waals surface area contributed by atoms with Gasteiger partial charge >= 0.3 is 5.97 Å². The van der Waals surface area contributed by atoms with E-state index < -0.39 is 5.97 Å². The van der Waals surface area contributed by atoms with Gasteiger partial charge in [-0.05, 0) is 18.6 Å². The second-order valence-electron chi connectivity index (χ2n) is 4.67. The predicted octanol–water partition coefficient (Wildman–Crippen LogP) is 3.83. The average Bonchev–Trinajstić information content (AvgIpc) is 2.81. The molecule has 0 radical (unpaired) electrons. The third-order valence-corrected chi connectivity index (χ3v) is 4.07. The second-order valence-corrected chi connectivity index (χ2v) is 6.19. The van der Waals surface area contributed by atoms with Crippen molar-refractivity contribution in [3.05, 3.63) is 34.2 Å². The molecule has 0 unspecified atom stereocenters. The number of benzene rings is 1. The monoisotopic (exact) mass is 338 g/mol. The van der Waals surface area contributed by atoms with Crippen LogP contribution in [0.3, 0.4) is 0 Å². The summed E-state index contributed by atoms with van der Waals surface area (Å²) in [5, 5.41) is 12.7. The molecule has 116 valence electrons. The normalized spacial score (nSPS) is 10.5. The number of carbonyl (C=O) groups is 2. The minimum absolute atomic E-state index is 0.124. The van der Waals surface area contributed by atoms with Crippen LogP contribution in [0.5, 0.6) is 0 Å². The van der Waals surface area contributed by atoms with Gasteiger partial charge in [0, 0.05) is 21.9 Å². The molecule has 7 heteroatoms. The molecule has 2 rings (SSSR count). The van der Waals surface area contributed by atoms with Gasteiger partial charge in [0.25, 0.3) is 0 Å². The van der Waals surface area contributed by atoms with Crippen LogP contribution < -0.4 is 5.32 Å². The lowest BCUT2D eigenvalue weighted by molar-refractivity contribution is -0.136. The molecule has 22 heavy (non-hydrogen) atoms. The van der Waals surface area contributed by atoms with Gasteiger partial charge in [0.1, 0.15) is 0 Å². The van der Waals surface area contributed by atoms with Crippen LogP contribution in [0.2, 0.25) is 5.02 Å². The van der Waals surface area contributed by atoms with Gasteiger partial charge in [0.05, 0.1) is 12.1 Å². The number of hydrogen-bond acceptors (Lipinski definition) is 4. The van der Waals surface area contributed by atoms with E-state index in [2.05, 4.69) is 10.3 Å². The Bertz CT molecular complexity index is 683. The molecule has 0 spiro atoms. The fourth-order valence-corrected chi connectivity index (χ4v) is 3.02. The number of hydrogen-bond donors (Lipinski definition) is 2. The highest BCUT2D eigenvalue weighted by molar-refractivity contribution is 7.16. The number of thiazole rings is 1. The van der Waals surface area contributed by atoms with E-state index in [9.17, 15) is 9.59 Å². The van der Waals surface area contributed by atoms with Crippen molar-refractivity contribution in [1.29, 1.82) is 0 Å². The number of carboxylic acid groups (broad SMARTS) is 1. The molecule has 0 bridgehead atoms. The first-order valence-corrected chi connectivity index (χ1v) is 7.96. The molecule has 1 aromatic carbocycles. The van der Waals surface area contributed by atoms with Crippen LogP contribution in [-0.2, 0) is 16.0 Å². The largest absolute Gasteiger partial charge is 0.481 e. The summed E-state index contributed by atoms with van der Waals surface area (Å²) in [5.41, 5.74) is 1.34. The lowest BCUT2D eigenvalue weighted by Gasteiger charge is -2.00. The summed E-state index contributed by atoms with van der Waals surface area (Å²) in [6.45, 7) is 1.91. The molecule has 0 aliphatic carbocycles. The van der Waals surface area contributed by atoms with Gasteiger partial charge in [0.15, 0.2) is 5.13 Å². The Labute approximate surface area is 137 Å². The fourth-order valence-electron chi connectivity index (χ4n) is 1.90. The number of rotatable bonds is 6. The van der Waals surface area contributed by atoms with Gasteiger partial charge in [-0.25, -0.2) is 4.98 Å². The summed E-state index contributed by atoms with van der Waals surface area (Å²) in [7, 11) is 0. The summed E-state index contributed by atoms with van der Waals surface area (Å²) in [4.78, 5) is 27.6. The van der Waals surface area contributed by atoms with E-state index in [0.717, 1.165) is 12.0 Å². The zero-order valence-corrected chi connectivity index (χ0v) is 13.5. The lowest BCUT2D eigenvalue weighted by atomic mass is 10.1. The van der Waals surface area contributed by atoms with Crippen molar-refractivity contribution in [3.8, 4) is 11.3 Å². The average molecular weight is 339 g/mol. The highest BCUT2D eigenvalue weighted by Crippen LogP contribution is 2.32. The van der Waals surface area contributed by atoms with Gasteiger partial charge in [-0.1, -0.05) is 30.7 Å². The zero-order chi connectivity index (χ0) is 16.1. The summed E-state index contributed by atoms with van der Waals surface area (Å²) in [6.07, 6.45) is 1.01. The van der Waals surface area contributed by atoms with E-state index in [1.54, 1.807) is 24.3 Å². The summed E-state index contributed by atoms with van der Waals surface area (Å²) in [6, 6.07) is 6.99. The number of nitrogens with one attached hydrogen (secondary N) is 1. The van der Waals surface area contributed by atoms with E-state index in [0.29, 0.717) is 27.1 Å². The van der Waals surface area contributed by atoms with Crippen molar-refractivity contribution in [2.75, 3.05) is 5.32 Å². The van der Waals surface area contributed by atoms with Crippen molar-refractivity contribution in [2.24, 2.45) is 0 Å². The van der Waals surface area contributed by atoms with Gasteiger partial charge in [0.2, 0.25) is 5.91 Å². The van der Waals surface area contributed by atoms with Crippen LogP contribution in [0.15, 0.2) is 24.3 Å². The second kappa shape index (κ2) is 7.38. The Morgan fingerprint density at radius 2 is 2.00 bits per heavy atom. The highest BCUT2D eigenvalue weighted by Gasteiger charge is 2.17. The maximum atomic E-state index is 11.7. The van der Waals surface area contributed by atoms with E-state index in [4.69, 9.17) is 16.7 Å². The van der Waals surface area contributed by atoms with Crippen LogP contribution in [0, 0.1) is 0 Å². The highest BCUT2D eigenvalue weighted by atomic mass is 35.5. The quantitative estimate of drug-likeness (QED) is 0.839. The first-order chi connectivity index (χ1) is 10.5. The van der Waals surface area contributed by atoms with Gasteiger partial charge in [-0.2, -0.15) is 0 Å². The molecular weight excluding hydrogens is 324 g/mol. The maximum absolute atomic E-state index is 11.7. The first kappa shape index (κ1) is 16.5. The number of anilines is 1. The Kier molecular flexibility index (Phi) is 5.51. The summed E-state index contributed by atoms with van der Waals surface area (Å²) < 4.78 is 0. The van der Waals surface area contributed by atoms with Crippen LogP contribution in [0.4, 0.5) is 5.13 Å². The minimum atomic E-state index is -0.940. The molecule has 0 fully saturated rings. The van der Waals surface area contributed by atoms with Gasteiger partial charge in [-0.3, -0.25) is 9.59 Å². The number of halogens is 1. The molecule has 1 heterocycles. The molecule has 0 saturated carbocycles. The third kappa shape index (κ3) is 4.29. The van der Waals surface area contributed by atoms with Crippen LogP contribution in [0.1, 0.15) is 24.6 Å². The molecule has 2 N–H and O–H groups in total. The smallest absolute Gasteiger partial charge is 0.308 e. The standard InChI is InChI=1S/C15H15ClN2O3S/c1-2-3-12(19)17-15-18-14(11(22-15)8-13(20)21)9-4-6-10(16)7-5-9/h4-7H,2-3,8H2,1H3,(H,20,21)(H,17,18,19). The Hall–Kier alpha value is -1.92. The van der Waals surface area contributed by atoms with E-state index in [1.807, 2.05) is 6.92 Å². The number of aromatic nitrogens is 1. The molecule has 2 aromatic rings. The van der Waals surface area contributed by atoms with Crippen LogP contribution in [0.25, 0.3) is 11.3 Å². The number of carbonyl (C=O) groups excluding carboxylic acids is 1. The molecular formula is C15H15ClN2O3S. The van der Waals surface area contributed by atoms with Crippen molar-refractivity contribution < 1.29 is 14.7 Å². The van der Waals surface area contributed by atoms with E-state index in [1.165, 1.54) is 11.3 Å². The SMILES string of the molecule is CCCC(=O)Nc1nc(-c2ccc(Cl)cc2)c(CC(=O)O)s1. The maximum Gasteiger partial charge on any atom is 0.308 e. The lowest BCUT2D eigenvalue weighted by Crippen LogP contribution is -2.10. The molecule has 0 aliphatic heterocycles. The zero-order valence-electron chi connectivity index (χ0n) is 11.9. The number of amides is 1. The van der Waals surface area contributed by atoms with Crippen molar-refractivity contribution >= 4 is 39.9 Å². The third-order valence-electron chi connectivity index (χ3n) is 2.85. The Morgan fingerprint density at radius 3 is 2.59 bits per heavy atom. The van der Waals surface area contributed by atoms with Crippen LogP contribution >= 0.6 is 22.9 Å². The topological polar surface area (TPSA) is 79.3 Å². The van der Waals surface area contributed by atoms with Gasteiger partial charge in [-0.15, -0.1) is 11.3 Å². The fraction of sp³-hybridized carbons (Fsp3) is 0.267. The van der Waals surface area contributed by atoms with Crippen molar-refractivity contribution in [2.45, 2.75) is 26.2 Å². The molecule has 1 amide bonds. The minimum Gasteiger partial charge on any atom is -0.481 e. The molecule has 5 nitrogen and oxygen atoms in total. The molecule has 0 atom stereocenters. The molecule has 1 aromatic heterocycles. The van der Waals surface area contributed by atoms with Crippen LogP contribution in [-0.4, -0.2) is 22.0 Å². The summed E-state index contributed by atoms with van der Waals surface area (Å²) >= 11 is 7.05. The van der Waals surface area contributed by atoms with E-state index in [-0.39, 0.29) is 12.3 Å². The van der Waals surface area contributed by atoms with E-state index >= 15 is 0 Å². The number of nitrogens with zero attached hydrogens (tertiary/aromatic N) is 1. The summed E-state index contributed by atoms with van der Waals surface area (Å²) in [5.74, 6) is -1.06. The van der Waals surface area contributed by atoms with Crippen molar-refractivity contribution in [1.82, 2.24) is 4.98 Å². The van der Waals surface area contributed by atoms with Gasteiger partial charge < -0.3 is 10.4 Å². The predicted molar refractivity (Wildman–Crippen MR) is 87.4 cm³/mol. The number of aliphatic carboxylic acids is 1. The number of carboxylic acids is 1. The Balaban J connectivity index is 2.33. The Morgan fingerprint density at radius 1 is 1.32 bits per heavy atom.